The molecule has 0 bridgehead atoms. The van der Waals surface area contributed by atoms with Crippen LogP contribution >= 0.6 is 0 Å². The molecular formula is C33H37N3O5. The van der Waals surface area contributed by atoms with Crippen molar-refractivity contribution in [2.24, 2.45) is 11.8 Å². The number of aromatic nitrogens is 2. The van der Waals surface area contributed by atoms with Crippen LogP contribution in [0.2, 0.25) is 0 Å². The van der Waals surface area contributed by atoms with E-state index >= 15 is 0 Å². The Balaban J connectivity index is 1.36. The van der Waals surface area contributed by atoms with Crippen LogP contribution < -0.4 is 4.90 Å². The number of rotatable bonds is 7. The molecule has 1 amide bonds. The summed E-state index contributed by atoms with van der Waals surface area (Å²) >= 11 is 0. The van der Waals surface area contributed by atoms with Gasteiger partial charge in [0.1, 0.15) is 11.1 Å². The molecule has 1 aliphatic carbocycles. The van der Waals surface area contributed by atoms with Gasteiger partial charge in [0, 0.05) is 36.8 Å². The number of nitrogens with zero attached hydrogens (tertiary/aromatic N) is 3. The molecule has 8 heteroatoms. The Morgan fingerprint density at radius 1 is 0.976 bits per heavy atom. The zero-order chi connectivity index (χ0) is 28.3. The highest BCUT2D eigenvalue weighted by molar-refractivity contribution is 6.02. The third kappa shape index (κ3) is 5.66. The highest BCUT2D eigenvalue weighted by atomic mass is 16.5. The largest absolute Gasteiger partial charge is 0.464 e. The van der Waals surface area contributed by atoms with E-state index in [1.165, 1.54) is 0 Å². The van der Waals surface area contributed by atoms with Gasteiger partial charge in [-0.3, -0.25) is 9.69 Å². The summed E-state index contributed by atoms with van der Waals surface area (Å²) in [6.07, 6.45) is 8.60. The maximum absolute atomic E-state index is 14.1. The molecule has 4 aromatic rings. The molecule has 0 radical (unpaired) electrons. The fraction of sp³-hybridized carbons (Fsp3) is 0.424. The van der Waals surface area contributed by atoms with Gasteiger partial charge in [-0.05, 0) is 86.8 Å². The maximum atomic E-state index is 14.1. The van der Waals surface area contributed by atoms with Crippen molar-refractivity contribution in [1.29, 1.82) is 0 Å². The number of ether oxygens (including phenoxy) is 2. The van der Waals surface area contributed by atoms with Crippen LogP contribution in [0.15, 0.2) is 65.4 Å². The predicted octanol–water partition coefficient (Wildman–Crippen LogP) is 6.80. The summed E-state index contributed by atoms with van der Waals surface area (Å²) in [4.78, 5) is 29.2. The Labute approximate surface area is 240 Å². The van der Waals surface area contributed by atoms with Gasteiger partial charge in [0.15, 0.2) is 5.82 Å². The molecule has 1 saturated heterocycles. The zero-order valence-corrected chi connectivity index (χ0v) is 23.8. The van der Waals surface area contributed by atoms with Crippen molar-refractivity contribution in [3.8, 4) is 16.8 Å². The van der Waals surface area contributed by atoms with E-state index in [4.69, 9.17) is 19.0 Å². The highest BCUT2D eigenvalue weighted by Gasteiger charge is 2.37. The van der Waals surface area contributed by atoms with Crippen molar-refractivity contribution in [2.45, 2.75) is 58.4 Å². The third-order valence-corrected chi connectivity index (χ3v) is 8.50. The lowest BCUT2D eigenvalue weighted by atomic mass is 9.82. The van der Waals surface area contributed by atoms with Gasteiger partial charge in [0.05, 0.1) is 18.6 Å². The van der Waals surface area contributed by atoms with Crippen LogP contribution in [0.5, 0.6) is 0 Å². The van der Waals surface area contributed by atoms with Gasteiger partial charge in [-0.2, -0.15) is 0 Å². The van der Waals surface area contributed by atoms with Crippen molar-refractivity contribution in [2.75, 3.05) is 24.7 Å². The average Bonchev–Trinajstić information content (AvgIpc) is 3.66. The topological polar surface area (TPSA) is 86.8 Å². The second kappa shape index (κ2) is 11.9. The number of amides is 1. The van der Waals surface area contributed by atoms with Crippen LogP contribution in [0.3, 0.4) is 0 Å². The highest BCUT2D eigenvalue weighted by Crippen LogP contribution is 2.35. The molecule has 2 aromatic carbocycles. The number of benzene rings is 2. The van der Waals surface area contributed by atoms with E-state index in [0.717, 1.165) is 53.5 Å². The minimum absolute atomic E-state index is 0.0586. The first-order valence-corrected chi connectivity index (χ1v) is 14.8. The maximum Gasteiger partial charge on any atom is 0.343 e. The number of carbonyl (C=O) groups is 2. The van der Waals surface area contributed by atoms with Crippen LogP contribution in [-0.4, -0.2) is 47.5 Å². The van der Waals surface area contributed by atoms with Gasteiger partial charge in [0.2, 0.25) is 5.91 Å². The normalized spacial score (nSPS) is 19.8. The van der Waals surface area contributed by atoms with E-state index in [1.54, 1.807) is 29.0 Å². The van der Waals surface area contributed by atoms with Gasteiger partial charge in [0.25, 0.3) is 0 Å². The number of hydrogen-bond acceptors (Lipinski definition) is 6. The van der Waals surface area contributed by atoms with E-state index in [9.17, 15) is 9.59 Å². The Bertz CT molecular complexity index is 1510. The molecule has 0 spiro atoms. The third-order valence-electron chi connectivity index (χ3n) is 8.50. The van der Waals surface area contributed by atoms with E-state index < -0.39 is 5.97 Å². The number of furan rings is 1. The lowest BCUT2D eigenvalue weighted by Gasteiger charge is -2.37. The Kier molecular flexibility index (Phi) is 7.92. The molecule has 2 fully saturated rings. The fourth-order valence-corrected chi connectivity index (χ4v) is 6.07. The monoisotopic (exact) mass is 555 g/mol. The Morgan fingerprint density at radius 2 is 1.71 bits per heavy atom. The second-order valence-corrected chi connectivity index (χ2v) is 11.3. The number of fused-ring (bicyclic) bond motifs is 1. The van der Waals surface area contributed by atoms with Crippen molar-refractivity contribution in [3.05, 3.63) is 66.6 Å². The minimum atomic E-state index is -0.473. The fourth-order valence-electron chi connectivity index (χ4n) is 6.07. The first-order valence-electron chi connectivity index (χ1n) is 14.8. The van der Waals surface area contributed by atoms with Crippen LogP contribution in [0.4, 0.5) is 5.82 Å². The molecule has 6 rings (SSSR count). The summed E-state index contributed by atoms with van der Waals surface area (Å²) in [5.41, 5.74) is 4.02. The summed E-state index contributed by atoms with van der Waals surface area (Å²) in [5.74, 6) is 0.530. The molecule has 8 nitrogen and oxygen atoms in total. The summed E-state index contributed by atoms with van der Waals surface area (Å²) in [5, 5.41) is 5.95. The van der Waals surface area contributed by atoms with Crippen molar-refractivity contribution >= 4 is 28.7 Å². The molecule has 0 N–H and O–H groups in total. The number of carbonyl (C=O) groups excluding carboxylic acids is 2. The number of anilines is 1. The van der Waals surface area contributed by atoms with Gasteiger partial charge in [-0.1, -0.05) is 31.2 Å². The summed E-state index contributed by atoms with van der Waals surface area (Å²) in [6.45, 7) is 5.43. The minimum Gasteiger partial charge on any atom is -0.464 e. The molecule has 1 aliphatic heterocycles. The van der Waals surface area contributed by atoms with E-state index in [1.807, 2.05) is 42.5 Å². The lowest BCUT2D eigenvalue weighted by molar-refractivity contribution is -0.124. The molecule has 2 aromatic heterocycles. The van der Waals surface area contributed by atoms with E-state index in [-0.39, 0.29) is 24.5 Å². The van der Waals surface area contributed by atoms with Gasteiger partial charge >= 0.3 is 5.97 Å². The Morgan fingerprint density at radius 3 is 2.44 bits per heavy atom. The van der Waals surface area contributed by atoms with Crippen LogP contribution in [-0.2, 0) is 14.3 Å². The number of esters is 1. The molecule has 3 heterocycles. The predicted molar refractivity (Wildman–Crippen MR) is 157 cm³/mol. The summed E-state index contributed by atoms with van der Waals surface area (Å²) in [7, 11) is 0. The van der Waals surface area contributed by atoms with Crippen molar-refractivity contribution in [3.63, 3.8) is 0 Å². The first-order chi connectivity index (χ1) is 20.0. The molecular weight excluding hydrogens is 518 g/mol. The second-order valence-electron chi connectivity index (χ2n) is 11.3. The van der Waals surface area contributed by atoms with E-state index in [0.29, 0.717) is 43.4 Å². The molecule has 41 heavy (non-hydrogen) atoms. The SMILES string of the molecule is CCOC(=O)c1cn(-c2ccc(-c3ccc4ccoc4c3)cc2)nc1N(C(=O)C1CCC(C)CC1)C1CCOCC1. The van der Waals surface area contributed by atoms with Crippen LogP contribution in [0.1, 0.15) is 62.7 Å². The van der Waals surface area contributed by atoms with Crippen molar-refractivity contribution in [1.82, 2.24) is 9.78 Å². The molecule has 0 unspecified atom stereocenters. The Hall–Kier alpha value is -3.91. The average molecular weight is 556 g/mol. The van der Waals surface area contributed by atoms with Gasteiger partial charge < -0.3 is 13.9 Å². The number of hydrogen-bond donors (Lipinski definition) is 0. The molecule has 214 valence electrons. The van der Waals surface area contributed by atoms with Gasteiger partial charge in [-0.15, -0.1) is 5.10 Å². The summed E-state index contributed by atoms with van der Waals surface area (Å²) < 4.78 is 18.3. The van der Waals surface area contributed by atoms with Crippen molar-refractivity contribution < 1.29 is 23.5 Å². The first kappa shape index (κ1) is 27.3. The lowest BCUT2D eigenvalue weighted by Crippen LogP contribution is -2.47. The van der Waals surface area contributed by atoms with Gasteiger partial charge in [-0.25, -0.2) is 9.48 Å². The molecule has 0 atom stereocenters. The standard InChI is InChI=1S/C33H37N3O5/c1-3-40-33(38)29-21-35(27-12-10-23(11-13-27)26-9-8-24-14-19-41-30(24)20-26)34-31(29)36(28-15-17-39-18-16-28)32(37)25-6-4-22(2)5-7-25/h8-14,19-22,25,28H,3-7,15-18H2,1-2H3. The molecule has 1 saturated carbocycles. The summed E-state index contributed by atoms with van der Waals surface area (Å²) in [6, 6.07) is 16.0. The van der Waals surface area contributed by atoms with Crippen LogP contribution in [0, 0.1) is 11.8 Å². The molecule has 2 aliphatic rings. The van der Waals surface area contributed by atoms with Crippen LogP contribution in [0.25, 0.3) is 27.8 Å². The smallest absolute Gasteiger partial charge is 0.343 e. The van der Waals surface area contributed by atoms with E-state index in [2.05, 4.69) is 13.0 Å². The zero-order valence-electron chi connectivity index (χ0n) is 23.8. The quantitative estimate of drug-likeness (QED) is 0.233.